The largest absolute Gasteiger partial charge is 0.465 e. The minimum atomic E-state index is -0.544. The lowest BCUT2D eigenvalue weighted by molar-refractivity contribution is -0.134. The number of piperazine rings is 1. The zero-order chi connectivity index (χ0) is 20.4. The van der Waals surface area contributed by atoms with Gasteiger partial charge in [-0.25, -0.2) is 4.79 Å². The Balaban J connectivity index is 1.37. The number of amides is 2. The van der Waals surface area contributed by atoms with E-state index in [4.69, 9.17) is 4.42 Å². The molecule has 0 aliphatic carbocycles. The van der Waals surface area contributed by atoms with Crippen LogP contribution in [0.1, 0.15) is 23.5 Å². The fourth-order valence-corrected chi connectivity index (χ4v) is 3.58. The van der Waals surface area contributed by atoms with Crippen LogP contribution in [-0.4, -0.2) is 45.8 Å². The summed E-state index contributed by atoms with van der Waals surface area (Å²) in [7, 11) is 0. The quantitative estimate of drug-likeness (QED) is 0.489. The number of carbonyl (C=O) groups is 2. The lowest BCUT2D eigenvalue weighted by Gasteiger charge is -2.34. The highest BCUT2D eigenvalue weighted by molar-refractivity contribution is 5.88. The first-order chi connectivity index (χ1) is 14.0. The molecule has 2 amide bonds. The Morgan fingerprint density at radius 3 is 2.83 bits per heavy atom. The third-order valence-electron chi connectivity index (χ3n) is 5.05. The molecule has 2 aromatic heterocycles. The van der Waals surface area contributed by atoms with Gasteiger partial charge in [0.1, 0.15) is 11.5 Å². The Bertz CT molecular complexity index is 1100. The number of fused-ring (bicyclic) bond motifs is 1. The number of furan rings is 1. The SMILES string of the molecule is Cc1ccc(CN2CCNC(=O)C2CC(=O)NCc2ccc3[nH]c(=O)[nH]c3c2)o1. The van der Waals surface area contributed by atoms with Crippen LogP contribution >= 0.6 is 0 Å². The van der Waals surface area contributed by atoms with Crippen molar-refractivity contribution in [2.45, 2.75) is 32.5 Å². The molecule has 3 heterocycles. The summed E-state index contributed by atoms with van der Waals surface area (Å²) in [6.45, 7) is 3.87. The van der Waals surface area contributed by atoms with Gasteiger partial charge in [0.15, 0.2) is 0 Å². The molecule has 1 unspecified atom stereocenters. The lowest BCUT2D eigenvalue weighted by atomic mass is 10.1. The fraction of sp³-hybridized carbons (Fsp3) is 0.350. The molecule has 1 aliphatic heterocycles. The van der Waals surface area contributed by atoms with E-state index >= 15 is 0 Å². The monoisotopic (exact) mass is 397 g/mol. The topological polar surface area (TPSA) is 123 Å². The summed E-state index contributed by atoms with van der Waals surface area (Å²) in [5.41, 5.74) is 1.99. The Hall–Kier alpha value is -3.33. The van der Waals surface area contributed by atoms with Gasteiger partial charge in [-0.05, 0) is 36.8 Å². The number of aromatic amines is 2. The maximum atomic E-state index is 12.5. The van der Waals surface area contributed by atoms with Gasteiger partial charge >= 0.3 is 5.69 Å². The van der Waals surface area contributed by atoms with Crippen LogP contribution in [0.15, 0.2) is 39.5 Å². The minimum absolute atomic E-state index is 0.0642. The number of aryl methyl sites for hydroxylation is 1. The summed E-state index contributed by atoms with van der Waals surface area (Å²) < 4.78 is 5.62. The molecule has 9 nitrogen and oxygen atoms in total. The first-order valence-electron chi connectivity index (χ1n) is 9.52. The summed E-state index contributed by atoms with van der Waals surface area (Å²) in [6, 6.07) is 8.67. The standard InChI is InChI=1S/C20H23N5O4/c1-12-2-4-14(29-12)11-25-7-6-21-19(27)17(25)9-18(26)22-10-13-3-5-15-16(8-13)24-20(28)23-15/h2-5,8,17H,6-7,9-11H2,1H3,(H,21,27)(H,22,26)(H2,23,24,28). The van der Waals surface area contributed by atoms with Crippen molar-refractivity contribution in [2.24, 2.45) is 0 Å². The third-order valence-corrected chi connectivity index (χ3v) is 5.05. The number of H-pyrrole nitrogens is 2. The van der Waals surface area contributed by atoms with Crippen LogP contribution in [0.3, 0.4) is 0 Å². The van der Waals surface area contributed by atoms with Crippen molar-refractivity contribution in [2.75, 3.05) is 13.1 Å². The van der Waals surface area contributed by atoms with Gasteiger partial charge in [-0.3, -0.25) is 14.5 Å². The van der Waals surface area contributed by atoms with Gasteiger partial charge in [-0.15, -0.1) is 0 Å². The van der Waals surface area contributed by atoms with Gasteiger partial charge < -0.3 is 25.0 Å². The number of aromatic nitrogens is 2. The number of imidazole rings is 1. The van der Waals surface area contributed by atoms with Crippen LogP contribution in [0.4, 0.5) is 0 Å². The van der Waals surface area contributed by atoms with Crippen molar-refractivity contribution in [1.82, 2.24) is 25.5 Å². The van der Waals surface area contributed by atoms with Crippen molar-refractivity contribution < 1.29 is 14.0 Å². The van der Waals surface area contributed by atoms with Crippen LogP contribution in [-0.2, 0) is 22.7 Å². The second kappa shape index (κ2) is 7.96. The summed E-state index contributed by atoms with van der Waals surface area (Å²) >= 11 is 0. The maximum absolute atomic E-state index is 12.5. The van der Waals surface area contributed by atoms with E-state index < -0.39 is 6.04 Å². The molecule has 0 saturated carbocycles. The Morgan fingerprint density at radius 1 is 1.21 bits per heavy atom. The highest BCUT2D eigenvalue weighted by Crippen LogP contribution is 2.16. The van der Waals surface area contributed by atoms with Crippen LogP contribution in [0.2, 0.25) is 0 Å². The van der Waals surface area contributed by atoms with Crippen molar-refractivity contribution in [3.8, 4) is 0 Å². The number of hydrogen-bond acceptors (Lipinski definition) is 5. The van der Waals surface area contributed by atoms with Gasteiger partial charge in [0.25, 0.3) is 0 Å². The van der Waals surface area contributed by atoms with Gasteiger partial charge in [0.2, 0.25) is 11.8 Å². The molecule has 9 heteroatoms. The molecule has 29 heavy (non-hydrogen) atoms. The van der Waals surface area contributed by atoms with E-state index in [1.54, 1.807) is 6.07 Å². The first kappa shape index (κ1) is 19.0. The minimum Gasteiger partial charge on any atom is -0.465 e. The molecule has 4 rings (SSSR count). The molecular weight excluding hydrogens is 374 g/mol. The Morgan fingerprint density at radius 2 is 2.03 bits per heavy atom. The molecule has 0 bridgehead atoms. The predicted molar refractivity (Wildman–Crippen MR) is 106 cm³/mol. The Kier molecular flexibility index (Phi) is 5.22. The predicted octanol–water partition coefficient (Wildman–Crippen LogP) is 0.765. The lowest BCUT2D eigenvalue weighted by Crippen LogP contribution is -2.56. The fourth-order valence-electron chi connectivity index (χ4n) is 3.58. The maximum Gasteiger partial charge on any atom is 0.323 e. The van der Waals surface area contributed by atoms with E-state index in [-0.39, 0.29) is 23.9 Å². The molecule has 1 aromatic carbocycles. The zero-order valence-corrected chi connectivity index (χ0v) is 16.1. The van der Waals surface area contributed by atoms with Gasteiger partial charge in [-0.1, -0.05) is 6.07 Å². The second-order valence-electron chi connectivity index (χ2n) is 7.23. The average Bonchev–Trinajstić information content (AvgIpc) is 3.26. The zero-order valence-electron chi connectivity index (χ0n) is 16.1. The molecule has 1 atom stereocenters. The van der Waals surface area contributed by atoms with Gasteiger partial charge in [0, 0.05) is 19.6 Å². The highest BCUT2D eigenvalue weighted by atomic mass is 16.3. The van der Waals surface area contributed by atoms with E-state index in [2.05, 4.69) is 20.6 Å². The molecule has 4 N–H and O–H groups in total. The van der Waals surface area contributed by atoms with E-state index in [9.17, 15) is 14.4 Å². The van der Waals surface area contributed by atoms with Crippen LogP contribution in [0, 0.1) is 6.92 Å². The summed E-state index contributed by atoms with van der Waals surface area (Å²) in [6.07, 6.45) is 0.0642. The molecule has 0 spiro atoms. The summed E-state index contributed by atoms with van der Waals surface area (Å²) in [5.74, 6) is 1.23. The van der Waals surface area contributed by atoms with Crippen molar-refractivity contribution in [3.05, 3.63) is 57.9 Å². The first-order valence-corrected chi connectivity index (χ1v) is 9.52. The summed E-state index contributed by atoms with van der Waals surface area (Å²) in [4.78, 5) is 43.5. The summed E-state index contributed by atoms with van der Waals surface area (Å²) in [5, 5.41) is 5.68. The van der Waals surface area contributed by atoms with Crippen LogP contribution < -0.4 is 16.3 Å². The van der Waals surface area contributed by atoms with Gasteiger partial charge in [-0.2, -0.15) is 0 Å². The average molecular weight is 397 g/mol. The smallest absolute Gasteiger partial charge is 0.323 e. The van der Waals surface area contributed by atoms with Crippen molar-refractivity contribution in [3.63, 3.8) is 0 Å². The number of rotatable bonds is 6. The van der Waals surface area contributed by atoms with Crippen molar-refractivity contribution >= 4 is 22.8 Å². The molecular formula is C20H23N5O4. The van der Waals surface area contributed by atoms with E-state index in [0.29, 0.717) is 37.2 Å². The number of benzene rings is 1. The molecule has 0 radical (unpaired) electrons. The molecule has 1 fully saturated rings. The second-order valence-corrected chi connectivity index (χ2v) is 7.23. The van der Waals surface area contributed by atoms with Crippen LogP contribution in [0.25, 0.3) is 11.0 Å². The normalized spacial score (nSPS) is 17.4. The van der Waals surface area contributed by atoms with E-state index in [1.807, 2.05) is 36.1 Å². The number of nitrogens with zero attached hydrogens (tertiary/aromatic N) is 1. The van der Waals surface area contributed by atoms with Crippen LogP contribution in [0.5, 0.6) is 0 Å². The highest BCUT2D eigenvalue weighted by Gasteiger charge is 2.32. The van der Waals surface area contributed by atoms with E-state index in [0.717, 1.165) is 17.1 Å². The Labute approximate surface area is 166 Å². The molecule has 1 aliphatic rings. The molecule has 3 aromatic rings. The molecule has 1 saturated heterocycles. The number of carbonyl (C=O) groups excluding carboxylic acids is 2. The van der Waals surface area contributed by atoms with Crippen molar-refractivity contribution in [1.29, 1.82) is 0 Å². The molecule has 152 valence electrons. The van der Waals surface area contributed by atoms with E-state index in [1.165, 1.54) is 0 Å². The van der Waals surface area contributed by atoms with Gasteiger partial charge in [0.05, 0.1) is 30.0 Å². The number of nitrogens with one attached hydrogen (secondary N) is 4. The third kappa shape index (κ3) is 4.40. The number of hydrogen-bond donors (Lipinski definition) is 4.